The zero-order valence-electron chi connectivity index (χ0n) is 22.6. The highest BCUT2D eigenvalue weighted by atomic mass is 15.2. The summed E-state index contributed by atoms with van der Waals surface area (Å²) in [5.41, 5.74) is 18.6. The molecule has 6 heteroatoms. The summed E-state index contributed by atoms with van der Waals surface area (Å²) < 4.78 is 0. The Morgan fingerprint density at radius 1 is 0.853 bits per heavy atom. The molecule has 0 amide bonds. The van der Waals surface area contributed by atoms with Crippen molar-refractivity contribution in [3.05, 3.63) is 20.9 Å². The maximum atomic E-state index is 9.28. The zero-order valence-corrected chi connectivity index (χ0v) is 22.6. The second-order valence-corrected chi connectivity index (χ2v) is 13.9. The first-order chi connectivity index (χ1) is 16.1. The topological polar surface area (TPSA) is 97.5 Å². The summed E-state index contributed by atoms with van der Waals surface area (Å²) in [7, 11) is 0. The van der Waals surface area contributed by atoms with Crippen LogP contribution in [-0.4, -0.2) is 11.6 Å². The van der Waals surface area contributed by atoms with Crippen LogP contribution in [-0.2, 0) is 0 Å². The van der Waals surface area contributed by atoms with E-state index >= 15 is 0 Å². The fourth-order valence-corrected chi connectivity index (χ4v) is 9.92. The van der Waals surface area contributed by atoms with E-state index < -0.39 is 5.54 Å². The molecule has 4 saturated carbocycles. The largest absolute Gasteiger partial charge is 0.0899 e. The lowest BCUT2D eigenvalue weighted by Gasteiger charge is -2.63. The lowest BCUT2D eigenvalue weighted by molar-refractivity contribution is -0.126. The van der Waals surface area contributed by atoms with Crippen molar-refractivity contribution in [1.29, 1.82) is 0 Å². The monoisotopic (exact) mass is 468 g/mol. The van der Waals surface area contributed by atoms with Gasteiger partial charge < -0.3 is 0 Å². The SMILES string of the molecule is CC(C)CCC[C@@H](C)[C@H]1CC[C@H]2[C@@H]3CC[C@H]4C[C@](C)(N=[N+]=[N-])[C@@H](N=[N+]=[N-])C[C@]4(C)[C@H]3CC[C@]12C. The van der Waals surface area contributed by atoms with Crippen LogP contribution in [0.25, 0.3) is 20.9 Å². The quantitative estimate of drug-likeness (QED) is 0.202. The van der Waals surface area contributed by atoms with Crippen LogP contribution in [0.15, 0.2) is 10.2 Å². The van der Waals surface area contributed by atoms with Crippen LogP contribution in [0.3, 0.4) is 0 Å². The van der Waals surface area contributed by atoms with Gasteiger partial charge in [-0.2, -0.15) is 0 Å². The summed E-state index contributed by atoms with van der Waals surface area (Å²) in [5.74, 6) is 5.47. The molecule has 10 atom stereocenters. The number of azide groups is 2. The van der Waals surface area contributed by atoms with Crippen LogP contribution in [0.2, 0.25) is 0 Å². The van der Waals surface area contributed by atoms with Crippen molar-refractivity contribution >= 4 is 0 Å². The van der Waals surface area contributed by atoms with Crippen molar-refractivity contribution in [2.45, 2.75) is 124 Å². The fraction of sp³-hybridized carbons (Fsp3) is 1.00. The summed E-state index contributed by atoms with van der Waals surface area (Å²) in [4.78, 5) is 6.34. The maximum Gasteiger partial charge on any atom is 0.0547 e. The molecule has 34 heavy (non-hydrogen) atoms. The van der Waals surface area contributed by atoms with Crippen molar-refractivity contribution in [3.8, 4) is 0 Å². The highest BCUT2D eigenvalue weighted by molar-refractivity contribution is 5.14. The van der Waals surface area contributed by atoms with Gasteiger partial charge in [0, 0.05) is 15.9 Å². The minimum Gasteiger partial charge on any atom is -0.0899 e. The summed E-state index contributed by atoms with van der Waals surface area (Å²) in [6.45, 7) is 14.4. The molecule has 4 aliphatic carbocycles. The van der Waals surface area contributed by atoms with Gasteiger partial charge in [0.05, 0.1) is 5.54 Å². The van der Waals surface area contributed by atoms with Gasteiger partial charge in [0.15, 0.2) is 0 Å². The second kappa shape index (κ2) is 9.58. The van der Waals surface area contributed by atoms with E-state index in [1.165, 1.54) is 57.8 Å². The van der Waals surface area contributed by atoms with E-state index in [0.29, 0.717) is 17.3 Å². The number of hydrogen-bond acceptors (Lipinski definition) is 2. The van der Waals surface area contributed by atoms with Crippen LogP contribution < -0.4 is 0 Å². The first kappa shape index (κ1) is 25.7. The smallest absolute Gasteiger partial charge is 0.0547 e. The number of fused-ring (bicyclic) bond motifs is 5. The molecule has 4 rings (SSSR count). The zero-order chi connectivity index (χ0) is 24.7. The summed E-state index contributed by atoms with van der Waals surface area (Å²) in [6, 6.07) is -0.237. The molecule has 0 aromatic rings. The molecule has 190 valence electrons. The van der Waals surface area contributed by atoms with Crippen molar-refractivity contribution in [3.63, 3.8) is 0 Å². The van der Waals surface area contributed by atoms with E-state index in [1.807, 2.05) is 6.92 Å². The molecule has 0 saturated heterocycles. The van der Waals surface area contributed by atoms with Gasteiger partial charge in [0.2, 0.25) is 0 Å². The van der Waals surface area contributed by atoms with E-state index in [4.69, 9.17) is 0 Å². The average molecular weight is 469 g/mol. The predicted octanol–water partition coefficient (Wildman–Crippen LogP) is 9.47. The summed E-state index contributed by atoms with van der Waals surface area (Å²) in [6.07, 6.45) is 13.9. The molecule has 4 aliphatic rings. The molecule has 0 aliphatic heterocycles. The van der Waals surface area contributed by atoms with Crippen molar-refractivity contribution in [2.24, 2.45) is 62.5 Å². The molecule has 0 unspecified atom stereocenters. The average Bonchev–Trinajstić information content (AvgIpc) is 3.12. The molecular formula is C28H48N6. The van der Waals surface area contributed by atoms with Crippen LogP contribution in [0, 0.1) is 52.3 Å². The van der Waals surface area contributed by atoms with E-state index in [1.54, 1.807) is 0 Å². The fourth-order valence-electron chi connectivity index (χ4n) is 9.92. The molecule has 4 fully saturated rings. The van der Waals surface area contributed by atoms with Gasteiger partial charge in [0.1, 0.15) is 0 Å². The molecule has 0 heterocycles. The minimum absolute atomic E-state index is 0.189. The normalized spacial score (nSPS) is 46.4. The molecule has 0 aromatic heterocycles. The highest BCUT2D eigenvalue weighted by Crippen LogP contribution is 2.69. The van der Waals surface area contributed by atoms with Gasteiger partial charge in [-0.05, 0) is 115 Å². The summed E-state index contributed by atoms with van der Waals surface area (Å²) in [5, 5.41) is 8.39. The maximum absolute atomic E-state index is 9.28. The van der Waals surface area contributed by atoms with Crippen LogP contribution in [0.1, 0.15) is 112 Å². The van der Waals surface area contributed by atoms with Crippen LogP contribution >= 0.6 is 0 Å². The Labute approximate surface area is 207 Å². The molecule has 0 spiro atoms. The molecule has 0 radical (unpaired) electrons. The van der Waals surface area contributed by atoms with E-state index in [2.05, 4.69) is 54.7 Å². The van der Waals surface area contributed by atoms with E-state index in [-0.39, 0.29) is 11.5 Å². The Hall–Kier alpha value is -1.38. The second-order valence-electron chi connectivity index (χ2n) is 13.9. The van der Waals surface area contributed by atoms with Crippen LogP contribution in [0.5, 0.6) is 0 Å². The van der Waals surface area contributed by atoms with Crippen LogP contribution in [0.4, 0.5) is 0 Å². The lowest BCUT2D eigenvalue weighted by Crippen LogP contribution is -2.58. The van der Waals surface area contributed by atoms with Gasteiger partial charge in [-0.25, -0.2) is 0 Å². The minimum atomic E-state index is -0.592. The Bertz CT molecular complexity index is 844. The van der Waals surface area contributed by atoms with Crippen molar-refractivity contribution in [2.75, 3.05) is 0 Å². The Morgan fingerprint density at radius 2 is 1.59 bits per heavy atom. The molecule has 0 bridgehead atoms. The van der Waals surface area contributed by atoms with Gasteiger partial charge in [0.25, 0.3) is 0 Å². The van der Waals surface area contributed by atoms with Gasteiger partial charge >= 0.3 is 0 Å². The molecule has 0 aromatic carbocycles. The van der Waals surface area contributed by atoms with Gasteiger partial charge in [-0.1, -0.05) is 71.0 Å². The standard InChI is InChI=1S/C28H48N6/c1-18(2)8-7-9-19(3)22-12-13-23-21-11-10-20-16-28(6,32-34-30)25(31-33-29)17-27(20,5)24(21)14-15-26(22,23)4/h18-25H,7-17H2,1-6H3/t19-,20+,21+,22-,23+,24+,25+,26-,27+,28+/m1/s1. The lowest BCUT2D eigenvalue weighted by atomic mass is 9.43. The Morgan fingerprint density at radius 3 is 2.26 bits per heavy atom. The number of rotatable bonds is 7. The third-order valence-corrected chi connectivity index (χ3v) is 11.7. The Kier molecular flexibility index (Phi) is 7.25. The van der Waals surface area contributed by atoms with Gasteiger partial charge in [-0.15, -0.1) is 0 Å². The van der Waals surface area contributed by atoms with E-state index in [0.717, 1.165) is 42.4 Å². The Balaban J connectivity index is 1.53. The third kappa shape index (κ3) is 4.24. The predicted molar refractivity (Wildman–Crippen MR) is 139 cm³/mol. The number of nitrogens with zero attached hydrogens (tertiary/aromatic N) is 6. The van der Waals surface area contributed by atoms with Crippen molar-refractivity contribution < 1.29 is 0 Å². The van der Waals surface area contributed by atoms with E-state index in [9.17, 15) is 11.1 Å². The molecule has 0 N–H and O–H groups in total. The number of hydrogen-bond donors (Lipinski definition) is 0. The molecular weight excluding hydrogens is 420 g/mol. The molecule has 6 nitrogen and oxygen atoms in total. The van der Waals surface area contributed by atoms with Crippen molar-refractivity contribution in [1.82, 2.24) is 0 Å². The summed E-state index contributed by atoms with van der Waals surface area (Å²) >= 11 is 0. The third-order valence-electron chi connectivity index (χ3n) is 11.7. The first-order valence-electron chi connectivity index (χ1n) is 14.2. The first-order valence-corrected chi connectivity index (χ1v) is 14.2. The van der Waals surface area contributed by atoms with Gasteiger partial charge in [-0.3, -0.25) is 0 Å². The highest BCUT2D eigenvalue weighted by Gasteiger charge is 2.62.